The largest absolute Gasteiger partial charge is 0.354 e. The first kappa shape index (κ1) is 76.8. The highest BCUT2D eigenvalue weighted by molar-refractivity contribution is 9.10. The van der Waals surface area contributed by atoms with Crippen molar-refractivity contribution in [3.8, 4) is 136 Å². The van der Waals surface area contributed by atoms with Crippen molar-refractivity contribution in [3.05, 3.63) is 429 Å². The summed E-state index contributed by atoms with van der Waals surface area (Å²) < 4.78 is 5.76. The topological polar surface area (TPSA) is 157 Å². The lowest BCUT2D eigenvalue weighted by Gasteiger charge is -2.12. The number of H-pyrrole nitrogens is 2. The molecule has 24 rings (SSSR count). The first-order valence-electron chi connectivity index (χ1n) is 41.5. The molecule has 7 aromatic heterocycles. The maximum Gasteiger partial charge on any atom is 0.164 e. The van der Waals surface area contributed by atoms with Crippen LogP contribution in [0.5, 0.6) is 0 Å². The Kier molecular flexibility index (Phi) is 20.4. The van der Waals surface area contributed by atoms with E-state index < -0.39 is 0 Å². The molecule has 596 valence electrons. The van der Waals surface area contributed by atoms with Gasteiger partial charge in [0.05, 0.1) is 22.1 Å². The normalized spacial score (nSPS) is 11.3. The Morgan fingerprint density at radius 1 is 0.167 bits per heavy atom. The molecule has 2 N–H and O–H groups in total. The van der Waals surface area contributed by atoms with Crippen LogP contribution in [-0.4, -0.2) is 64.0 Å². The van der Waals surface area contributed by atoms with E-state index in [1.165, 1.54) is 76.3 Å². The van der Waals surface area contributed by atoms with Crippen LogP contribution >= 0.6 is 15.9 Å². The second-order valence-corrected chi connectivity index (χ2v) is 31.7. The van der Waals surface area contributed by atoms with Crippen LogP contribution in [0, 0.1) is 0 Å². The minimum absolute atomic E-state index is 0. The summed E-state index contributed by atoms with van der Waals surface area (Å²) in [5.41, 5.74) is 24.5. The van der Waals surface area contributed by atoms with Gasteiger partial charge in [-0.15, -0.1) is 0 Å². The van der Waals surface area contributed by atoms with Crippen LogP contribution in [0.3, 0.4) is 0 Å². The van der Waals surface area contributed by atoms with Crippen molar-refractivity contribution in [2.75, 3.05) is 0 Å². The number of fused-ring (bicyclic) bond motifs is 12. The van der Waals surface area contributed by atoms with Gasteiger partial charge in [0.2, 0.25) is 0 Å². The Morgan fingerprint density at radius 2 is 0.373 bits per heavy atom. The lowest BCUT2D eigenvalue weighted by molar-refractivity contribution is 1.07. The minimum atomic E-state index is 0. The van der Waals surface area contributed by atoms with E-state index in [9.17, 15) is 0 Å². The van der Waals surface area contributed by atoms with Gasteiger partial charge in [0.15, 0.2) is 52.4 Å². The van der Waals surface area contributed by atoms with E-state index in [0.29, 0.717) is 52.4 Å². The minimum Gasteiger partial charge on any atom is -0.354 e. The Bertz CT molecular complexity index is 7550. The second kappa shape index (κ2) is 33.5. The average molecular weight is 1680 g/mol. The quantitative estimate of drug-likeness (QED) is 0.115. The van der Waals surface area contributed by atoms with E-state index in [4.69, 9.17) is 39.9 Å². The number of halogens is 1. The van der Waals surface area contributed by atoms with Crippen LogP contribution in [0.25, 0.3) is 223 Å². The zero-order chi connectivity index (χ0) is 83.1. The molecule has 126 heavy (non-hydrogen) atoms. The molecule has 17 aromatic carbocycles. The molecule has 0 unspecified atom stereocenters. The lowest BCUT2D eigenvalue weighted by atomic mass is 10.0. The van der Waals surface area contributed by atoms with Gasteiger partial charge in [0, 0.05) is 131 Å². The molecule has 0 saturated carbocycles. The summed E-state index contributed by atoms with van der Waals surface area (Å²) in [6.45, 7) is 0. The summed E-state index contributed by atoms with van der Waals surface area (Å²) in [5, 5.41) is 9.86. The van der Waals surface area contributed by atoms with Gasteiger partial charge in [0.1, 0.15) is 0 Å². The lowest BCUT2D eigenvalue weighted by Crippen LogP contribution is -2.00. The molecule has 14 heteroatoms. The van der Waals surface area contributed by atoms with Gasteiger partial charge in [0.25, 0.3) is 0 Å². The Balaban J connectivity index is 0.000000150. The fraction of sp³-hybridized carbons (Fsp3) is 0.00893. The number of aromatic nitrogens is 13. The summed E-state index contributed by atoms with van der Waals surface area (Å²) in [4.78, 5) is 51.0. The number of hydrogen-bond acceptors (Lipinski definition) is 9. The standard InChI is InChI=1S/C66H42N8.C24H16N2.C21H14BrN3.CH4/c1-5-17-43(18-6-1)61-67-62(44-19-7-2-8-20-44)70-65(69-61)47-29-35-51(36-30-47)73-57-27-15-13-25-53(57)55-39-33-49(41-59(55)73)50-34-40-56-54-26-14-16-28-58(54)74(60(56)42-50)52-37-31-48(32-38-52)66-71-63(45-21-9-3-10-22-45)68-64(72-66)46-23-11-4-12-24-46;1-3-7-21-17(5-1)19-11-9-15(13-23(19)25-21)16-10-12-20-18-6-2-4-8-22(18)26-24(20)14-16;22-18-13-11-17(12-14-18)21-24-19(15-7-3-1-4-8-15)23-20(25-21)16-9-5-2-6-10-16;/h1-42H;1-14,25-26H;1-14H;1H4. The van der Waals surface area contributed by atoms with Crippen molar-refractivity contribution in [1.29, 1.82) is 0 Å². The van der Waals surface area contributed by atoms with Crippen LogP contribution in [0.15, 0.2) is 429 Å². The number of benzene rings is 17. The fourth-order valence-corrected chi connectivity index (χ4v) is 17.1. The highest BCUT2D eigenvalue weighted by atomic mass is 79.9. The zero-order valence-corrected chi connectivity index (χ0v) is 68.8. The van der Waals surface area contributed by atoms with Crippen LogP contribution in [0.1, 0.15) is 7.43 Å². The summed E-state index contributed by atoms with van der Waals surface area (Å²) >= 11 is 3.47. The summed E-state index contributed by atoms with van der Waals surface area (Å²) in [5.74, 6) is 5.80. The van der Waals surface area contributed by atoms with Crippen LogP contribution < -0.4 is 0 Å². The van der Waals surface area contributed by atoms with E-state index in [2.05, 4.69) is 258 Å². The van der Waals surface area contributed by atoms with Gasteiger partial charge < -0.3 is 19.1 Å². The van der Waals surface area contributed by atoms with Gasteiger partial charge in [-0.05, 0) is 131 Å². The predicted molar refractivity (Wildman–Crippen MR) is 521 cm³/mol. The number of nitrogens with zero attached hydrogens (tertiary/aromatic N) is 11. The number of hydrogen-bond donors (Lipinski definition) is 2. The number of aromatic amines is 2. The fourth-order valence-electron chi connectivity index (χ4n) is 16.9. The monoisotopic (exact) mass is 1680 g/mol. The molecule has 0 bridgehead atoms. The van der Waals surface area contributed by atoms with Crippen molar-refractivity contribution in [3.63, 3.8) is 0 Å². The molecule has 0 aliphatic carbocycles. The molecule has 0 fully saturated rings. The molecule has 0 spiro atoms. The first-order valence-corrected chi connectivity index (χ1v) is 42.3. The molecule has 0 saturated heterocycles. The van der Waals surface area contributed by atoms with Crippen LogP contribution in [-0.2, 0) is 0 Å². The maximum absolute atomic E-state index is 5.00. The van der Waals surface area contributed by atoms with Crippen LogP contribution in [0.2, 0.25) is 0 Å². The van der Waals surface area contributed by atoms with Gasteiger partial charge >= 0.3 is 0 Å². The second-order valence-electron chi connectivity index (χ2n) is 30.7. The molecular formula is C112H76BrN13. The molecule has 0 aliphatic heterocycles. The average Bonchev–Trinajstić information content (AvgIpc) is 1.57. The SMILES string of the molecule is Brc1ccc(-c2nc(-c3ccccc3)nc(-c3ccccc3)n2)cc1.C.c1ccc(-c2nc(-c3ccccc3)nc(-c3ccc(-n4c5ccccc5c5ccc(-c6ccc7c8ccccc8n(-c8ccc(-c9nc(-c%10ccccc%10)nc(-c%10ccccc%10)n9)cc8)c7c6)cc54)cc3)n2)cc1.c1ccc2c(c1)[nH]c1cc(-c3ccc4c(c3)[nH]c3ccccc34)ccc12. The van der Waals surface area contributed by atoms with Crippen molar-refractivity contribution >= 4 is 103 Å². The summed E-state index contributed by atoms with van der Waals surface area (Å²) in [7, 11) is 0. The van der Waals surface area contributed by atoms with Gasteiger partial charge in [-0.1, -0.05) is 339 Å². The first-order chi connectivity index (χ1) is 61.8. The maximum atomic E-state index is 5.00. The molecular weight excluding hydrogens is 1610 g/mol. The van der Waals surface area contributed by atoms with E-state index >= 15 is 0 Å². The highest BCUT2D eigenvalue weighted by Crippen LogP contribution is 2.41. The summed E-state index contributed by atoms with van der Waals surface area (Å²) in [6, 6.07) is 147. The van der Waals surface area contributed by atoms with E-state index in [1.807, 2.05) is 206 Å². The smallest absolute Gasteiger partial charge is 0.164 e. The van der Waals surface area contributed by atoms with E-state index in [0.717, 1.165) is 99.1 Å². The molecule has 24 aromatic rings. The predicted octanol–water partition coefficient (Wildman–Crippen LogP) is 28.8. The van der Waals surface area contributed by atoms with Crippen molar-refractivity contribution < 1.29 is 0 Å². The number of rotatable bonds is 13. The molecule has 0 atom stereocenters. The Labute approximate surface area is 734 Å². The van der Waals surface area contributed by atoms with Crippen molar-refractivity contribution in [2.45, 2.75) is 7.43 Å². The molecule has 0 amide bonds. The summed E-state index contributed by atoms with van der Waals surface area (Å²) in [6.07, 6.45) is 0. The molecule has 0 aliphatic rings. The number of nitrogens with one attached hydrogen (secondary N) is 2. The highest BCUT2D eigenvalue weighted by Gasteiger charge is 2.22. The van der Waals surface area contributed by atoms with E-state index in [-0.39, 0.29) is 7.43 Å². The van der Waals surface area contributed by atoms with Gasteiger partial charge in [-0.2, -0.15) is 0 Å². The van der Waals surface area contributed by atoms with Gasteiger partial charge in [-0.3, -0.25) is 0 Å². The zero-order valence-electron chi connectivity index (χ0n) is 67.2. The Hall–Kier alpha value is -16.6. The van der Waals surface area contributed by atoms with Crippen LogP contribution in [0.4, 0.5) is 0 Å². The third-order valence-electron chi connectivity index (χ3n) is 23.0. The third-order valence-corrected chi connectivity index (χ3v) is 23.5. The van der Waals surface area contributed by atoms with Crippen molar-refractivity contribution in [2.24, 2.45) is 0 Å². The third kappa shape index (κ3) is 14.9. The number of para-hydroxylation sites is 4. The van der Waals surface area contributed by atoms with Gasteiger partial charge in [-0.25, -0.2) is 44.9 Å². The van der Waals surface area contributed by atoms with Crippen molar-refractivity contribution in [1.82, 2.24) is 64.0 Å². The molecule has 13 nitrogen and oxygen atoms in total. The molecule has 7 heterocycles. The molecule has 0 radical (unpaired) electrons. The van der Waals surface area contributed by atoms with E-state index in [1.54, 1.807) is 0 Å². The Morgan fingerprint density at radius 3 is 0.667 bits per heavy atom.